The molecule has 0 aliphatic heterocycles. The second kappa shape index (κ2) is 7.47. The van der Waals surface area contributed by atoms with Crippen LogP contribution in [0.2, 0.25) is 0 Å². The maximum Gasteiger partial charge on any atom is 0.261 e. The summed E-state index contributed by atoms with van der Waals surface area (Å²) >= 11 is 0. The predicted molar refractivity (Wildman–Crippen MR) is 84.9 cm³/mol. The van der Waals surface area contributed by atoms with E-state index in [0.717, 1.165) is 5.56 Å². The lowest BCUT2D eigenvalue weighted by atomic mass is 10.0. The topological polar surface area (TPSA) is 52.6 Å². The Kier molecular flexibility index (Phi) is 6.50. The number of aryl methyl sites for hydroxylation is 1. The molecule has 6 heteroatoms. The molecule has 0 N–H and O–H groups in total. The van der Waals surface area contributed by atoms with Crippen molar-refractivity contribution in [2.75, 3.05) is 13.2 Å². The highest BCUT2D eigenvalue weighted by Gasteiger charge is 2.20. The average molecular weight is 335 g/mol. The van der Waals surface area contributed by atoms with E-state index in [0.29, 0.717) is 24.5 Å². The van der Waals surface area contributed by atoms with Gasteiger partial charge in [-0.2, -0.15) is 0 Å². The summed E-state index contributed by atoms with van der Waals surface area (Å²) in [5, 5.41) is 0. The zero-order valence-electron chi connectivity index (χ0n) is 13.1. The van der Waals surface area contributed by atoms with Gasteiger partial charge >= 0.3 is 0 Å². The Morgan fingerprint density at radius 1 is 1.14 bits per heavy atom. The number of rotatable bonds is 7. The van der Waals surface area contributed by atoms with Gasteiger partial charge in [-0.15, -0.1) is 0 Å². The van der Waals surface area contributed by atoms with E-state index in [9.17, 15) is 8.42 Å². The first-order valence-corrected chi connectivity index (χ1v) is 9.27. The number of hydrogen-bond donors (Lipinski definition) is 0. The van der Waals surface area contributed by atoms with Gasteiger partial charge in [0.15, 0.2) is 0 Å². The molecule has 0 heterocycles. The summed E-state index contributed by atoms with van der Waals surface area (Å²) in [6.07, 6.45) is 0.157. The van der Waals surface area contributed by atoms with Crippen molar-refractivity contribution in [3.8, 4) is 5.75 Å². The highest BCUT2D eigenvalue weighted by molar-refractivity contribution is 8.13. The van der Waals surface area contributed by atoms with Crippen LogP contribution in [-0.2, 0) is 13.8 Å². The highest BCUT2D eigenvalue weighted by Crippen LogP contribution is 2.32. The first-order chi connectivity index (χ1) is 9.62. The molecule has 0 amide bonds. The average Bonchev–Trinajstić information content (AvgIpc) is 2.33. The van der Waals surface area contributed by atoms with Crippen molar-refractivity contribution < 1.29 is 17.9 Å². The van der Waals surface area contributed by atoms with Gasteiger partial charge in [-0.25, -0.2) is 8.42 Å². The van der Waals surface area contributed by atoms with E-state index in [1.54, 1.807) is 19.1 Å². The first kappa shape index (κ1) is 18.3. The lowest BCUT2D eigenvalue weighted by Crippen LogP contribution is -2.12. The SMILES string of the molecule is Cc1cc(S(=O)(=O)Cl)c(C(C)C)cc1OCCOC(C)C. The van der Waals surface area contributed by atoms with Crippen molar-refractivity contribution in [2.45, 2.75) is 51.5 Å². The van der Waals surface area contributed by atoms with Crippen molar-refractivity contribution in [1.82, 2.24) is 0 Å². The summed E-state index contributed by atoms with van der Waals surface area (Å²) in [5.41, 5.74) is 1.40. The Morgan fingerprint density at radius 2 is 1.76 bits per heavy atom. The summed E-state index contributed by atoms with van der Waals surface area (Å²) in [7, 11) is 1.74. The molecule has 0 radical (unpaired) electrons. The zero-order valence-corrected chi connectivity index (χ0v) is 14.7. The van der Waals surface area contributed by atoms with Gasteiger partial charge in [0.05, 0.1) is 17.6 Å². The Labute approximate surface area is 131 Å². The number of hydrogen-bond acceptors (Lipinski definition) is 4. The summed E-state index contributed by atoms with van der Waals surface area (Å²) in [6.45, 7) is 10.5. The smallest absolute Gasteiger partial charge is 0.261 e. The standard InChI is InChI=1S/C15H23ClO4S/c1-10(2)13-9-14(20-7-6-19-11(3)4)12(5)8-15(13)21(16,17)18/h8-11H,6-7H2,1-5H3. The van der Waals surface area contributed by atoms with Crippen LogP contribution < -0.4 is 4.74 Å². The van der Waals surface area contributed by atoms with Crippen LogP contribution in [0.5, 0.6) is 5.75 Å². The Hall–Kier alpha value is -0.780. The van der Waals surface area contributed by atoms with E-state index in [4.69, 9.17) is 20.2 Å². The molecule has 0 saturated carbocycles. The molecule has 0 spiro atoms. The number of benzene rings is 1. The highest BCUT2D eigenvalue weighted by atomic mass is 35.7. The van der Waals surface area contributed by atoms with Gasteiger partial charge in [0.25, 0.3) is 9.05 Å². The maximum atomic E-state index is 11.7. The van der Waals surface area contributed by atoms with Crippen molar-refractivity contribution in [2.24, 2.45) is 0 Å². The molecule has 0 bridgehead atoms. The number of ether oxygens (including phenoxy) is 2. The van der Waals surface area contributed by atoms with E-state index < -0.39 is 9.05 Å². The molecule has 0 aromatic heterocycles. The molecule has 0 aliphatic rings. The molecule has 0 atom stereocenters. The molecule has 120 valence electrons. The third-order valence-electron chi connectivity index (χ3n) is 2.98. The minimum atomic E-state index is -3.76. The third-order valence-corrected chi connectivity index (χ3v) is 4.36. The molecular weight excluding hydrogens is 312 g/mol. The first-order valence-electron chi connectivity index (χ1n) is 6.96. The lowest BCUT2D eigenvalue weighted by molar-refractivity contribution is 0.0551. The van der Waals surface area contributed by atoms with E-state index in [1.807, 2.05) is 27.7 Å². The monoisotopic (exact) mass is 334 g/mol. The summed E-state index contributed by atoms with van der Waals surface area (Å²) < 4.78 is 34.4. The van der Waals surface area contributed by atoms with Gasteiger partial charge < -0.3 is 9.47 Å². The van der Waals surface area contributed by atoms with Gasteiger partial charge in [0, 0.05) is 10.7 Å². The number of halogens is 1. The quantitative estimate of drug-likeness (QED) is 0.561. The van der Waals surface area contributed by atoms with Gasteiger partial charge in [0.1, 0.15) is 12.4 Å². The second-order valence-corrected chi connectivity index (χ2v) is 8.05. The Morgan fingerprint density at radius 3 is 2.24 bits per heavy atom. The van der Waals surface area contributed by atoms with Crippen LogP contribution in [-0.4, -0.2) is 27.7 Å². The van der Waals surface area contributed by atoms with Gasteiger partial charge in [-0.3, -0.25) is 0 Å². The second-order valence-electron chi connectivity index (χ2n) is 5.52. The minimum Gasteiger partial charge on any atom is -0.491 e. The molecule has 4 nitrogen and oxygen atoms in total. The molecule has 0 aliphatic carbocycles. The fourth-order valence-electron chi connectivity index (χ4n) is 1.93. The molecule has 1 aromatic carbocycles. The van der Waals surface area contributed by atoms with Gasteiger partial charge in [0.2, 0.25) is 0 Å². The van der Waals surface area contributed by atoms with Crippen LogP contribution in [0, 0.1) is 6.92 Å². The molecule has 1 rings (SSSR count). The summed E-state index contributed by atoms with van der Waals surface area (Å²) in [4.78, 5) is 0.155. The molecule has 0 saturated heterocycles. The van der Waals surface area contributed by atoms with Gasteiger partial charge in [-0.05, 0) is 49.9 Å². The molecule has 1 aromatic rings. The van der Waals surface area contributed by atoms with E-state index in [2.05, 4.69) is 0 Å². The van der Waals surface area contributed by atoms with Crippen molar-refractivity contribution in [3.05, 3.63) is 23.3 Å². The van der Waals surface area contributed by atoms with Crippen LogP contribution in [0.4, 0.5) is 0 Å². The largest absolute Gasteiger partial charge is 0.491 e. The van der Waals surface area contributed by atoms with Crippen molar-refractivity contribution in [1.29, 1.82) is 0 Å². The Bertz CT molecular complexity index is 580. The summed E-state index contributed by atoms with van der Waals surface area (Å²) in [6, 6.07) is 3.32. The van der Waals surface area contributed by atoms with Crippen LogP contribution in [0.3, 0.4) is 0 Å². The van der Waals surface area contributed by atoms with Crippen LogP contribution >= 0.6 is 10.7 Å². The summed E-state index contributed by atoms with van der Waals surface area (Å²) in [5.74, 6) is 0.693. The van der Waals surface area contributed by atoms with Crippen molar-refractivity contribution >= 4 is 19.7 Å². The van der Waals surface area contributed by atoms with Crippen LogP contribution in [0.25, 0.3) is 0 Å². The maximum absolute atomic E-state index is 11.7. The van der Waals surface area contributed by atoms with Crippen LogP contribution in [0.1, 0.15) is 44.7 Å². The van der Waals surface area contributed by atoms with Crippen molar-refractivity contribution in [3.63, 3.8) is 0 Å². The normalized spacial score (nSPS) is 12.2. The third kappa shape index (κ3) is 5.49. The molecule has 0 fully saturated rings. The fraction of sp³-hybridized carbons (Fsp3) is 0.600. The molecule has 0 unspecified atom stereocenters. The van der Waals surface area contributed by atoms with Gasteiger partial charge in [-0.1, -0.05) is 13.8 Å². The zero-order chi connectivity index (χ0) is 16.2. The molecular formula is C15H23ClO4S. The minimum absolute atomic E-state index is 0.0309. The van der Waals surface area contributed by atoms with E-state index in [1.165, 1.54) is 0 Å². The van der Waals surface area contributed by atoms with Crippen LogP contribution in [0.15, 0.2) is 17.0 Å². The molecule has 21 heavy (non-hydrogen) atoms. The fourth-order valence-corrected chi connectivity index (χ4v) is 3.23. The van der Waals surface area contributed by atoms with E-state index in [-0.39, 0.29) is 16.9 Å². The predicted octanol–water partition coefficient (Wildman–Crippen LogP) is 3.85. The van der Waals surface area contributed by atoms with E-state index >= 15 is 0 Å². The lowest BCUT2D eigenvalue weighted by Gasteiger charge is -2.16. The Balaban J connectivity index is 3.00.